The molecule has 3 aromatic carbocycles. The molecule has 40 heavy (non-hydrogen) atoms. The standard InChI is InChI=1S/C29H30BrFN4O4S/c1-18-26(27(21-6-10-23(31)11-7-21)32-35(18)25-14-8-22(30)9-15-25)29-34(28(36)19(2)39-29)17-16-20-4-12-24(13-5-20)33-40(3,37)38/h4-15,18-19,26,29,33H,16-17H2,1-3H3/t18?,19-,26?,29+/m0/s1. The molecule has 210 valence electrons. The molecule has 1 amide bonds. The van der Waals surface area contributed by atoms with Gasteiger partial charge in [0.05, 0.1) is 29.6 Å². The number of carbonyl (C=O) groups excluding carboxylic acids is 1. The molecule has 1 saturated heterocycles. The number of hydrazone groups is 1. The minimum Gasteiger partial charge on any atom is -0.345 e. The van der Waals surface area contributed by atoms with Gasteiger partial charge < -0.3 is 9.64 Å². The molecular weight excluding hydrogens is 599 g/mol. The number of anilines is 2. The van der Waals surface area contributed by atoms with Gasteiger partial charge in [0, 0.05) is 16.7 Å². The van der Waals surface area contributed by atoms with Gasteiger partial charge in [0.2, 0.25) is 10.0 Å². The summed E-state index contributed by atoms with van der Waals surface area (Å²) in [5.41, 5.74) is 3.82. The van der Waals surface area contributed by atoms with Crippen molar-refractivity contribution in [3.63, 3.8) is 0 Å². The van der Waals surface area contributed by atoms with Gasteiger partial charge in [-0.1, -0.05) is 40.2 Å². The van der Waals surface area contributed by atoms with E-state index < -0.39 is 22.4 Å². The van der Waals surface area contributed by atoms with Crippen LogP contribution in [0.25, 0.3) is 0 Å². The van der Waals surface area contributed by atoms with Gasteiger partial charge in [-0.3, -0.25) is 14.5 Å². The fourth-order valence-corrected chi connectivity index (χ4v) is 6.03. The normalized spacial score (nSPS) is 23.0. The fourth-order valence-electron chi connectivity index (χ4n) is 5.20. The lowest BCUT2D eigenvalue weighted by Crippen LogP contribution is -2.47. The molecule has 8 nitrogen and oxygen atoms in total. The summed E-state index contributed by atoms with van der Waals surface area (Å²) in [7, 11) is -3.37. The molecule has 1 N–H and O–H groups in total. The Balaban J connectivity index is 1.42. The summed E-state index contributed by atoms with van der Waals surface area (Å²) in [5.74, 6) is -0.741. The molecule has 1 fully saturated rings. The summed E-state index contributed by atoms with van der Waals surface area (Å²) in [4.78, 5) is 15.1. The molecule has 11 heteroatoms. The van der Waals surface area contributed by atoms with Crippen molar-refractivity contribution in [2.24, 2.45) is 11.0 Å². The number of ether oxygens (including phenoxy) is 1. The zero-order chi connectivity index (χ0) is 28.6. The second kappa shape index (κ2) is 11.3. The smallest absolute Gasteiger partial charge is 0.253 e. The van der Waals surface area contributed by atoms with E-state index >= 15 is 0 Å². The highest BCUT2D eigenvalue weighted by atomic mass is 79.9. The third kappa shape index (κ3) is 6.06. The summed E-state index contributed by atoms with van der Waals surface area (Å²) in [6, 6.07) is 21.0. The fraction of sp³-hybridized carbons (Fsp3) is 0.310. The second-order valence-electron chi connectivity index (χ2n) is 10.1. The van der Waals surface area contributed by atoms with E-state index in [-0.39, 0.29) is 23.7 Å². The van der Waals surface area contributed by atoms with Gasteiger partial charge in [-0.2, -0.15) is 5.10 Å². The molecule has 0 radical (unpaired) electrons. The monoisotopic (exact) mass is 628 g/mol. The van der Waals surface area contributed by atoms with Crippen LogP contribution in [0, 0.1) is 11.7 Å². The predicted molar refractivity (Wildman–Crippen MR) is 157 cm³/mol. The van der Waals surface area contributed by atoms with Crippen LogP contribution < -0.4 is 9.73 Å². The van der Waals surface area contributed by atoms with Gasteiger partial charge in [0.15, 0.2) is 0 Å². The van der Waals surface area contributed by atoms with Crippen molar-refractivity contribution in [2.45, 2.75) is 38.6 Å². The Hall–Kier alpha value is -3.28. The highest BCUT2D eigenvalue weighted by molar-refractivity contribution is 9.10. The largest absolute Gasteiger partial charge is 0.345 e. The zero-order valence-electron chi connectivity index (χ0n) is 22.3. The van der Waals surface area contributed by atoms with Crippen molar-refractivity contribution in [2.75, 3.05) is 22.5 Å². The predicted octanol–water partition coefficient (Wildman–Crippen LogP) is 5.00. The maximum atomic E-state index is 13.8. The average Bonchev–Trinajstić information content (AvgIpc) is 3.39. The van der Waals surface area contributed by atoms with E-state index in [4.69, 9.17) is 9.84 Å². The summed E-state index contributed by atoms with van der Waals surface area (Å²) in [6.45, 7) is 4.21. The van der Waals surface area contributed by atoms with Crippen molar-refractivity contribution in [3.8, 4) is 0 Å². The number of nitrogens with one attached hydrogen (secondary N) is 1. The number of amides is 1. The summed E-state index contributed by atoms with van der Waals surface area (Å²) in [6.07, 6.45) is 0.465. The maximum Gasteiger partial charge on any atom is 0.253 e. The van der Waals surface area contributed by atoms with Crippen LogP contribution in [0.3, 0.4) is 0 Å². The zero-order valence-corrected chi connectivity index (χ0v) is 24.7. The van der Waals surface area contributed by atoms with Gasteiger partial charge >= 0.3 is 0 Å². The van der Waals surface area contributed by atoms with E-state index in [0.29, 0.717) is 18.7 Å². The van der Waals surface area contributed by atoms with Crippen molar-refractivity contribution < 1.29 is 22.3 Å². The number of hydrogen-bond donors (Lipinski definition) is 1. The Morgan fingerprint density at radius 3 is 2.27 bits per heavy atom. The number of rotatable bonds is 8. The Labute approximate surface area is 242 Å². The third-order valence-electron chi connectivity index (χ3n) is 7.16. The molecule has 2 heterocycles. The van der Waals surface area contributed by atoms with Crippen molar-refractivity contribution in [1.29, 1.82) is 0 Å². The Kier molecular flexibility index (Phi) is 7.98. The van der Waals surface area contributed by atoms with E-state index in [1.807, 2.05) is 41.4 Å². The molecule has 0 bridgehead atoms. The maximum absolute atomic E-state index is 13.8. The minimum absolute atomic E-state index is 0.104. The first-order valence-electron chi connectivity index (χ1n) is 12.9. The number of sulfonamides is 1. The van der Waals surface area contributed by atoms with Gasteiger partial charge in [-0.15, -0.1) is 0 Å². The van der Waals surface area contributed by atoms with Crippen LogP contribution in [0.1, 0.15) is 25.0 Å². The van der Waals surface area contributed by atoms with Crippen LogP contribution in [0.4, 0.5) is 15.8 Å². The van der Waals surface area contributed by atoms with Crippen molar-refractivity contribution in [3.05, 3.63) is 94.2 Å². The van der Waals surface area contributed by atoms with Gasteiger partial charge in [-0.05, 0) is 79.9 Å². The Morgan fingerprint density at radius 1 is 1.00 bits per heavy atom. The molecular formula is C29H30BrFN4O4S. The molecule has 0 aromatic heterocycles. The number of benzene rings is 3. The van der Waals surface area contributed by atoms with Gasteiger partial charge in [0.1, 0.15) is 18.1 Å². The SMILES string of the molecule is CC1C([C@H]2O[C@@H](C)C(=O)N2CCc2ccc(NS(C)(=O)=O)cc2)C(c2ccc(F)cc2)=NN1c1ccc(Br)cc1. The summed E-state index contributed by atoms with van der Waals surface area (Å²) >= 11 is 3.48. The van der Waals surface area contributed by atoms with E-state index in [1.54, 1.807) is 36.1 Å². The second-order valence-corrected chi connectivity index (χ2v) is 12.8. The van der Waals surface area contributed by atoms with E-state index in [2.05, 4.69) is 27.6 Å². The summed E-state index contributed by atoms with van der Waals surface area (Å²) in [5, 5.41) is 6.90. The summed E-state index contributed by atoms with van der Waals surface area (Å²) < 4.78 is 46.5. The van der Waals surface area contributed by atoms with E-state index in [0.717, 1.165) is 33.3 Å². The van der Waals surface area contributed by atoms with E-state index in [9.17, 15) is 17.6 Å². The lowest BCUT2D eigenvalue weighted by molar-refractivity contribution is -0.130. The van der Waals surface area contributed by atoms with E-state index in [1.165, 1.54) is 12.1 Å². The number of halogens is 2. The highest BCUT2D eigenvalue weighted by Gasteiger charge is 2.49. The molecule has 3 aromatic rings. The number of nitrogens with zero attached hydrogens (tertiary/aromatic N) is 3. The van der Waals surface area contributed by atoms with Crippen molar-refractivity contribution in [1.82, 2.24) is 4.90 Å². The van der Waals surface area contributed by atoms with Crippen LogP contribution in [0.2, 0.25) is 0 Å². The number of carbonyl (C=O) groups is 1. The van der Waals surface area contributed by atoms with Crippen LogP contribution in [0.15, 0.2) is 82.4 Å². The molecule has 0 aliphatic carbocycles. The molecule has 0 spiro atoms. The molecule has 4 atom stereocenters. The molecule has 2 aliphatic heterocycles. The van der Waals surface area contributed by atoms with Crippen LogP contribution in [-0.2, 0) is 26.0 Å². The van der Waals surface area contributed by atoms with Crippen LogP contribution in [0.5, 0.6) is 0 Å². The number of hydrogen-bond acceptors (Lipinski definition) is 6. The van der Waals surface area contributed by atoms with Crippen LogP contribution >= 0.6 is 15.9 Å². The Bertz CT molecular complexity index is 1520. The average molecular weight is 630 g/mol. The minimum atomic E-state index is -3.37. The highest BCUT2D eigenvalue weighted by Crippen LogP contribution is 2.38. The lowest BCUT2D eigenvalue weighted by Gasteiger charge is -2.33. The molecule has 2 unspecified atom stereocenters. The molecule has 2 aliphatic rings. The first kappa shape index (κ1) is 28.3. The molecule has 5 rings (SSSR count). The van der Waals surface area contributed by atoms with Gasteiger partial charge in [0.25, 0.3) is 5.91 Å². The molecule has 0 saturated carbocycles. The third-order valence-corrected chi connectivity index (χ3v) is 8.29. The topological polar surface area (TPSA) is 91.3 Å². The quantitative estimate of drug-likeness (QED) is 0.379. The van der Waals surface area contributed by atoms with Crippen LogP contribution in [-0.4, -0.2) is 56.1 Å². The first-order chi connectivity index (χ1) is 19.0. The Morgan fingerprint density at radius 2 is 1.65 bits per heavy atom. The van der Waals surface area contributed by atoms with Crippen molar-refractivity contribution >= 4 is 48.9 Å². The first-order valence-corrected chi connectivity index (χ1v) is 15.6. The van der Waals surface area contributed by atoms with Gasteiger partial charge in [-0.25, -0.2) is 12.8 Å². The lowest BCUT2D eigenvalue weighted by atomic mass is 9.89.